The molecule has 0 bridgehead atoms. The van der Waals surface area contributed by atoms with Gasteiger partial charge < -0.3 is 45.1 Å². The van der Waals surface area contributed by atoms with Gasteiger partial charge in [-0.3, -0.25) is 9.59 Å². The van der Waals surface area contributed by atoms with Crippen LogP contribution in [0.5, 0.6) is 0 Å². The number of rotatable bonds is 50. The second-order valence-corrected chi connectivity index (χ2v) is 20.8. The van der Waals surface area contributed by atoms with Crippen LogP contribution in [0.15, 0.2) is 158 Å². The summed E-state index contributed by atoms with van der Waals surface area (Å²) in [6.45, 7) is 5.46. The van der Waals surface area contributed by atoms with Gasteiger partial charge in [-0.1, -0.05) is 262 Å². The molecule has 0 aromatic rings. The number of amides is 1. The van der Waals surface area contributed by atoms with Crippen LogP contribution in [0.2, 0.25) is 0 Å². The van der Waals surface area contributed by atoms with Crippen LogP contribution in [0.3, 0.4) is 0 Å². The molecule has 1 heterocycles. The molecule has 0 spiro atoms. The van der Waals surface area contributed by atoms with Crippen molar-refractivity contribution < 1.29 is 49.3 Å². The number of aliphatic hydroxyl groups is 5. The van der Waals surface area contributed by atoms with Crippen LogP contribution in [-0.2, 0) is 23.8 Å². The second-order valence-electron chi connectivity index (χ2n) is 20.8. The molecule has 8 unspecified atom stereocenters. The molecule has 1 amide bonds. The Morgan fingerprint density at radius 2 is 0.951 bits per heavy atom. The summed E-state index contributed by atoms with van der Waals surface area (Å²) in [5, 5.41) is 56.9. The Labute approximate surface area is 491 Å². The number of unbranched alkanes of at least 4 members (excludes halogenated alkanes) is 17. The molecule has 6 N–H and O–H groups in total. The summed E-state index contributed by atoms with van der Waals surface area (Å²) in [6, 6.07) is -1.06. The second kappa shape index (κ2) is 55.8. The monoisotopic (exact) mass is 1130 g/mol. The lowest BCUT2D eigenvalue weighted by molar-refractivity contribution is -0.305. The lowest BCUT2D eigenvalue weighted by Gasteiger charge is -2.41. The summed E-state index contributed by atoms with van der Waals surface area (Å²) in [7, 11) is 0. The third kappa shape index (κ3) is 43.6. The van der Waals surface area contributed by atoms with E-state index in [0.717, 1.165) is 122 Å². The smallest absolute Gasteiger partial charge is 0.306 e. The number of allylic oxidation sites excluding steroid dienone is 25. The molecule has 11 heteroatoms. The van der Waals surface area contributed by atoms with Gasteiger partial charge in [0, 0.05) is 6.42 Å². The maximum Gasteiger partial charge on any atom is 0.306 e. The molecule has 0 aromatic carbocycles. The first-order valence-corrected chi connectivity index (χ1v) is 31.3. The zero-order chi connectivity index (χ0) is 58.9. The summed E-state index contributed by atoms with van der Waals surface area (Å²) in [6.07, 6.45) is 71.3. The van der Waals surface area contributed by atoms with E-state index >= 15 is 0 Å². The third-order valence-corrected chi connectivity index (χ3v) is 13.6. The quantitative estimate of drug-likeness (QED) is 0.0149. The first-order valence-electron chi connectivity index (χ1n) is 31.3. The molecular weight excluding hydrogens is 1010 g/mol. The number of carbonyl (C=O) groups excluding carboxylic acids is 2. The molecule has 1 saturated heterocycles. The number of nitrogens with one attached hydrogen (secondary N) is 1. The van der Waals surface area contributed by atoms with Gasteiger partial charge in [-0.2, -0.15) is 0 Å². The van der Waals surface area contributed by atoms with E-state index in [-0.39, 0.29) is 19.4 Å². The molecule has 1 rings (SSSR count). The van der Waals surface area contributed by atoms with Gasteiger partial charge in [-0.05, 0) is 96.3 Å². The zero-order valence-corrected chi connectivity index (χ0v) is 50.3. The maximum atomic E-state index is 13.4. The highest BCUT2D eigenvalue weighted by Gasteiger charge is 2.47. The number of hydrogen-bond acceptors (Lipinski definition) is 10. The van der Waals surface area contributed by atoms with E-state index in [1.807, 2.05) is 72.9 Å². The van der Waals surface area contributed by atoms with E-state index in [4.69, 9.17) is 14.2 Å². The van der Waals surface area contributed by atoms with Gasteiger partial charge in [0.15, 0.2) is 12.4 Å². The first kappa shape index (κ1) is 74.3. The van der Waals surface area contributed by atoms with Crippen molar-refractivity contribution in [2.24, 2.45) is 0 Å². The summed E-state index contributed by atoms with van der Waals surface area (Å²) in [5.41, 5.74) is 0. The van der Waals surface area contributed by atoms with Crippen LogP contribution in [0.4, 0.5) is 0 Å². The Morgan fingerprint density at radius 1 is 0.506 bits per heavy atom. The van der Waals surface area contributed by atoms with Gasteiger partial charge in [-0.25, -0.2) is 0 Å². The normalized spacial score (nSPS) is 19.8. The summed E-state index contributed by atoms with van der Waals surface area (Å²) in [4.78, 5) is 26.5. The fraction of sp³-hybridized carbons (Fsp3) is 0.600. The average molecular weight is 1130 g/mol. The highest BCUT2D eigenvalue weighted by Crippen LogP contribution is 2.26. The molecular formula is C70H111NO10. The first-order chi connectivity index (χ1) is 39.7. The van der Waals surface area contributed by atoms with Crippen molar-refractivity contribution in [3.8, 4) is 0 Å². The average Bonchev–Trinajstić information content (AvgIpc) is 3.50. The molecule has 1 aliphatic heterocycles. The van der Waals surface area contributed by atoms with E-state index in [2.05, 4.69) is 105 Å². The minimum absolute atomic E-state index is 0.0895. The van der Waals surface area contributed by atoms with Crippen molar-refractivity contribution in [1.29, 1.82) is 0 Å². The predicted octanol–water partition coefficient (Wildman–Crippen LogP) is 15.2. The van der Waals surface area contributed by atoms with Gasteiger partial charge >= 0.3 is 5.97 Å². The van der Waals surface area contributed by atoms with Gasteiger partial charge in [-0.15, -0.1) is 0 Å². The number of esters is 1. The van der Waals surface area contributed by atoms with E-state index in [0.29, 0.717) is 12.8 Å². The highest BCUT2D eigenvalue weighted by atomic mass is 16.7. The molecule has 456 valence electrons. The molecule has 81 heavy (non-hydrogen) atoms. The number of aliphatic hydroxyl groups excluding tert-OH is 5. The van der Waals surface area contributed by atoms with Gasteiger partial charge in [0.25, 0.3) is 0 Å². The van der Waals surface area contributed by atoms with E-state index < -0.39 is 67.4 Å². The van der Waals surface area contributed by atoms with Gasteiger partial charge in [0.1, 0.15) is 24.4 Å². The van der Waals surface area contributed by atoms with Crippen LogP contribution in [0.25, 0.3) is 0 Å². The molecule has 0 saturated carbocycles. The highest BCUT2D eigenvalue weighted by molar-refractivity contribution is 5.80. The van der Waals surface area contributed by atoms with E-state index in [1.54, 1.807) is 6.08 Å². The molecule has 8 atom stereocenters. The minimum Gasteiger partial charge on any atom is -0.454 e. The van der Waals surface area contributed by atoms with Gasteiger partial charge in [0.2, 0.25) is 5.91 Å². The van der Waals surface area contributed by atoms with Crippen molar-refractivity contribution in [3.63, 3.8) is 0 Å². The van der Waals surface area contributed by atoms with Gasteiger partial charge in [0.05, 0.1) is 25.4 Å². The molecule has 0 radical (unpaired) electrons. The molecule has 0 aromatic heterocycles. The van der Waals surface area contributed by atoms with Crippen LogP contribution >= 0.6 is 0 Å². The fourth-order valence-electron chi connectivity index (χ4n) is 8.68. The summed E-state index contributed by atoms with van der Waals surface area (Å²) >= 11 is 0. The van der Waals surface area contributed by atoms with Crippen molar-refractivity contribution in [2.45, 2.75) is 256 Å². The Hall–Kier alpha value is -4.72. The third-order valence-electron chi connectivity index (χ3n) is 13.6. The molecule has 1 fully saturated rings. The van der Waals surface area contributed by atoms with Crippen molar-refractivity contribution in [1.82, 2.24) is 5.32 Å². The maximum absolute atomic E-state index is 13.4. The largest absolute Gasteiger partial charge is 0.454 e. The van der Waals surface area contributed by atoms with Crippen LogP contribution in [0.1, 0.15) is 207 Å². The number of hydrogen-bond donors (Lipinski definition) is 6. The summed E-state index contributed by atoms with van der Waals surface area (Å²) < 4.78 is 17.6. The topological polar surface area (TPSA) is 175 Å². The lowest BCUT2D eigenvalue weighted by Crippen LogP contribution is -2.61. The Bertz CT molecular complexity index is 1920. The Morgan fingerprint density at radius 3 is 1.48 bits per heavy atom. The SMILES string of the molecule is CC\C=C/C=C/C=C/C=C\C=C\C=C\CCCCC(O)C(=O)NC(COC1OC(CO)C(O)C(O)C1OC(=O)CCCCCCCC/C=C\C/C=C\C/C=C\C/C=C\C/C=C\C/C=C\CC)C(O)/C=C/CCCCCCCCCCC. The van der Waals surface area contributed by atoms with Crippen LogP contribution in [0, 0.1) is 0 Å². The summed E-state index contributed by atoms with van der Waals surface area (Å²) in [5.74, 6) is -1.27. The van der Waals surface area contributed by atoms with Crippen molar-refractivity contribution in [2.75, 3.05) is 13.2 Å². The van der Waals surface area contributed by atoms with Crippen molar-refractivity contribution >= 4 is 11.9 Å². The van der Waals surface area contributed by atoms with E-state index in [1.165, 1.54) is 38.5 Å². The fourth-order valence-corrected chi connectivity index (χ4v) is 8.68. The number of carbonyl (C=O) groups is 2. The Balaban J connectivity index is 2.68. The minimum atomic E-state index is -1.64. The molecule has 11 nitrogen and oxygen atoms in total. The lowest BCUT2D eigenvalue weighted by atomic mass is 9.99. The predicted molar refractivity (Wildman–Crippen MR) is 337 cm³/mol. The van der Waals surface area contributed by atoms with Crippen LogP contribution in [-0.4, -0.2) is 99.6 Å². The number of ether oxygens (including phenoxy) is 3. The molecule has 0 aliphatic carbocycles. The van der Waals surface area contributed by atoms with Crippen LogP contribution < -0.4 is 5.32 Å². The van der Waals surface area contributed by atoms with E-state index in [9.17, 15) is 35.1 Å². The Kier molecular flexibility index (Phi) is 51.2. The molecule has 1 aliphatic rings. The van der Waals surface area contributed by atoms with Crippen molar-refractivity contribution in [3.05, 3.63) is 158 Å². The standard InChI is InChI=1S/C70H111NO10/c1-4-7-10-13-16-19-22-24-26-28-29-30-31-32-33-34-35-36-38-40-43-46-49-52-55-58-65(75)81-68-67(77)66(76)64(59-72)80-70(68)79-60-61(62(73)56-53-50-47-44-41-21-18-15-12-9-6-3)71-69(78)63(74)57-54-51-48-45-42-39-37-27-25-23-20-17-14-11-8-5-2/h7-8,10-11,14,16-17,19-20,23-27,29-30,32-33,35-37,39,42,45,53,56,61-64,66-68,70,72-74,76-77H,4-6,9,12-13,15,18,21-22,28,31,34,38,40-41,43-44,46-52,54-55,57-60H2,1-3H3,(H,71,78)/b10-7-,11-8-,17-14+,19-16-,23-20+,26-24-,27-25-,30-29-,33-32-,36-35-,39-37+,45-42+,56-53+. The zero-order valence-electron chi connectivity index (χ0n) is 50.3.